The van der Waals surface area contributed by atoms with E-state index in [9.17, 15) is 9.59 Å². The Hall–Kier alpha value is -1.70. The van der Waals surface area contributed by atoms with E-state index in [4.69, 9.17) is 33.0 Å². The molecule has 0 unspecified atom stereocenters. The Bertz CT molecular complexity index is 512. The molecule has 0 saturated heterocycles. The Morgan fingerprint density at radius 3 is 2.33 bits per heavy atom. The summed E-state index contributed by atoms with van der Waals surface area (Å²) in [6, 6.07) is 4.83. The van der Waals surface area contributed by atoms with E-state index in [0.717, 1.165) is 0 Å². The van der Waals surface area contributed by atoms with Gasteiger partial charge >= 0.3 is 11.9 Å². The normalized spacial score (nSPS) is 10.9. The fourth-order valence-electron chi connectivity index (χ4n) is 1.71. The molecule has 1 aromatic carbocycles. The molecule has 0 aliphatic rings. The number of terminal acetylenes is 1. The van der Waals surface area contributed by atoms with E-state index in [-0.39, 0.29) is 19.4 Å². The van der Waals surface area contributed by atoms with Crippen LogP contribution in [0.3, 0.4) is 0 Å². The van der Waals surface area contributed by atoms with Crippen LogP contribution in [0.4, 0.5) is 0 Å². The second kappa shape index (κ2) is 10.1. The Labute approximate surface area is 134 Å². The van der Waals surface area contributed by atoms with E-state index >= 15 is 0 Å². The summed E-state index contributed by atoms with van der Waals surface area (Å²) < 4.78 is 4.84. The van der Waals surface area contributed by atoms with Gasteiger partial charge in [-0.2, -0.15) is 0 Å². The van der Waals surface area contributed by atoms with E-state index in [1.54, 1.807) is 25.1 Å². The molecule has 0 aromatic heterocycles. The third-order valence-electron chi connectivity index (χ3n) is 2.55. The van der Waals surface area contributed by atoms with Crippen molar-refractivity contribution in [1.29, 1.82) is 0 Å². The van der Waals surface area contributed by atoms with E-state index in [2.05, 4.69) is 12.8 Å². The fraction of sp³-hybridized carbons (Fsp3) is 0.333. The minimum atomic E-state index is -0.986. The number of carbonyl (C=O) groups excluding carboxylic acids is 1. The van der Waals surface area contributed by atoms with Crippen LogP contribution in [0, 0.1) is 12.8 Å². The first kappa shape index (κ1) is 19.3. The van der Waals surface area contributed by atoms with Gasteiger partial charge < -0.3 is 9.84 Å². The average Bonchev–Trinajstić information content (AvgIpc) is 2.43. The minimum absolute atomic E-state index is 0.00188. The quantitative estimate of drug-likeness (QED) is 0.637. The van der Waals surface area contributed by atoms with Crippen LogP contribution in [0.2, 0.25) is 10.0 Å². The lowest BCUT2D eigenvalue weighted by Gasteiger charge is -2.15. The van der Waals surface area contributed by atoms with Crippen LogP contribution in [-0.2, 0) is 14.3 Å². The first-order chi connectivity index (χ1) is 9.93. The van der Waals surface area contributed by atoms with E-state index < -0.39 is 17.9 Å². The maximum Gasteiger partial charge on any atom is 0.306 e. The summed E-state index contributed by atoms with van der Waals surface area (Å²) in [6.07, 6.45) is 7.83. The highest BCUT2D eigenvalue weighted by Gasteiger charge is 2.20. The van der Waals surface area contributed by atoms with Gasteiger partial charge in [0.2, 0.25) is 0 Å². The van der Waals surface area contributed by atoms with Gasteiger partial charge in [-0.1, -0.05) is 29.3 Å². The number of esters is 1. The van der Waals surface area contributed by atoms with Crippen LogP contribution in [0.5, 0.6) is 0 Å². The molecule has 0 saturated carbocycles. The number of aliphatic carboxylic acids is 1. The van der Waals surface area contributed by atoms with Crippen LogP contribution < -0.4 is 0 Å². The first-order valence-corrected chi connectivity index (χ1v) is 6.85. The summed E-state index contributed by atoms with van der Waals surface area (Å²) >= 11 is 11.7. The summed E-state index contributed by atoms with van der Waals surface area (Å²) in [5.41, 5.74) is 0.657. The maximum atomic E-state index is 11.5. The van der Waals surface area contributed by atoms with Crippen molar-refractivity contribution in [3.05, 3.63) is 33.8 Å². The van der Waals surface area contributed by atoms with Gasteiger partial charge in [-0.3, -0.25) is 9.59 Å². The Kier molecular flexibility index (Phi) is 9.27. The number of carboxylic acid groups (broad SMARTS) is 1. The molecule has 114 valence electrons. The highest BCUT2D eigenvalue weighted by atomic mass is 35.5. The molecule has 21 heavy (non-hydrogen) atoms. The van der Waals surface area contributed by atoms with Crippen molar-refractivity contribution in [2.75, 3.05) is 6.61 Å². The van der Waals surface area contributed by atoms with Crippen molar-refractivity contribution in [2.45, 2.75) is 25.7 Å². The lowest BCUT2D eigenvalue weighted by molar-refractivity contribution is -0.144. The molecule has 0 bridgehead atoms. The van der Waals surface area contributed by atoms with E-state index in [1.165, 1.54) is 0 Å². The molecule has 0 aliphatic heterocycles. The molecule has 0 fully saturated rings. The van der Waals surface area contributed by atoms with Gasteiger partial charge in [0.1, 0.15) is 0 Å². The number of ether oxygens (including phenoxy) is 1. The number of benzene rings is 1. The van der Waals surface area contributed by atoms with Gasteiger partial charge in [0, 0.05) is 5.92 Å². The molecule has 1 aromatic rings. The van der Waals surface area contributed by atoms with E-state index in [0.29, 0.717) is 15.6 Å². The van der Waals surface area contributed by atoms with Crippen molar-refractivity contribution in [3.63, 3.8) is 0 Å². The summed E-state index contributed by atoms with van der Waals surface area (Å²) in [4.78, 5) is 22.3. The molecule has 1 atom stereocenters. The SMILES string of the molecule is C#C.CCOC(=O)C[C@H](CC(=O)O)c1ccc(Cl)c(Cl)c1. The molecule has 0 amide bonds. The van der Waals surface area contributed by atoms with Crippen molar-refractivity contribution >= 4 is 35.1 Å². The standard InChI is InChI=1S/C13H14Cl2O4.C2H2/c1-2-19-13(18)7-9(6-12(16)17)8-3-4-10(14)11(15)5-8;1-2/h3-5,9H,2,6-7H2,1H3,(H,16,17);1-2H/t9-;/m0./s1. The van der Waals surface area contributed by atoms with Gasteiger partial charge in [-0.25, -0.2) is 0 Å². The molecule has 0 spiro atoms. The minimum Gasteiger partial charge on any atom is -0.481 e. The van der Waals surface area contributed by atoms with Crippen molar-refractivity contribution in [3.8, 4) is 12.8 Å². The van der Waals surface area contributed by atoms with Gasteiger partial charge in [-0.15, -0.1) is 12.8 Å². The second-order valence-corrected chi connectivity index (χ2v) is 4.79. The number of halogens is 2. The molecule has 6 heteroatoms. The number of carbonyl (C=O) groups is 2. The zero-order valence-electron chi connectivity index (χ0n) is 11.5. The second-order valence-electron chi connectivity index (χ2n) is 3.98. The smallest absolute Gasteiger partial charge is 0.306 e. The third-order valence-corrected chi connectivity index (χ3v) is 3.29. The van der Waals surface area contributed by atoms with E-state index in [1.807, 2.05) is 0 Å². The predicted octanol–water partition coefficient (Wildman–Crippen LogP) is 3.75. The zero-order valence-corrected chi connectivity index (χ0v) is 13.0. The van der Waals surface area contributed by atoms with Gasteiger partial charge in [0.25, 0.3) is 0 Å². The third kappa shape index (κ3) is 7.03. The summed E-state index contributed by atoms with van der Waals surface area (Å²) in [6.45, 7) is 1.96. The highest BCUT2D eigenvalue weighted by Crippen LogP contribution is 2.30. The molecule has 0 aliphatic carbocycles. The molecule has 1 rings (SSSR count). The lowest BCUT2D eigenvalue weighted by atomic mass is 9.92. The molecular weight excluding hydrogens is 315 g/mol. The topological polar surface area (TPSA) is 63.6 Å². The van der Waals surface area contributed by atoms with Crippen molar-refractivity contribution < 1.29 is 19.4 Å². The number of hydrogen-bond acceptors (Lipinski definition) is 3. The predicted molar refractivity (Wildman–Crippen MR) is 82.6 cm³/mol. The summed E-state index contributed by atoms with van der Waals surface area (Å²) in [5.74, 6) is -1.90. The fourth-order valence-corrected chi connectivity index (χ4v) is 2.01. The first-order valence-electron chi connectivity index (χ1n) is 6.09. The lowest BCUT2D eigenvalue weighted by Crippen LogP contribution is -2.13. The van der Waals surface area contributed by atoms with Crippen molar-refractivity contribution in [2.24, 2.45) is 0 Å². The largest absolute Gasteiger partial charge is 0.481 e. The van der Waals surface area contributed by atoms with Crippen LogP contribution in [0.1, 0.15) is 31.2 Å². The van der Waals surface area contributed by atoms with Crippen LogP contribution >= 0.6 is 23.2 Å². The Balaban J connectivity index is 0.00000191. The van der Waals surface area contributed by atoms with Crippen molar-refractivity contribution in [1.82, 2.24) is 0 Å². The summed E-state index contributed by atoms with van der Waals surface area (Å²) in [5, 5.41) is 9.62. The van der Waals surface area contributed by atoms with Crippen LogP contribution in [-0.4, -0.2) is 23.7 Å². The van der Waals surface area contributed by atoms with Crippen LogP contribution in [0.15, 0.2) is 18.2 Å². The highest BCUT2D eigenvalue weighted by molar-refractivity contribution is 6.42. The molecule has 0 heterocycles. The number of hydrogen-bond donors (Lipinski definition) is 1. The molecular formula is C15H16Cl2O4. The zero-order chi connectivity index (χ0) is 16.4. The van der Waals surface area contributed by atoms with Crippen LogP contribution in [0.25, 0.3) is 0 Å². The van der Waals surface area contributed by atoms with Gasteiger partial charge in [0.15, 0.2) is 0 Å². The Morgan fingerprint density at radius 2 is 1.86 bits per heavy atom. The molecule has 0 radical (unpaired) electrons. The molecule has 1 N–H and O–H groups in total. The number of carboxylic acids is 1. The van der Waals surface area contributed by atoms with Gasteiger partial charge in [0.05, 0.1) is 29.5 Å². The monoisotopic (exact) mass is 330 g/mol. The van der Waals surface area contributed by atoms with Gasteiger partial charge in [-0.05, 0) is 24.6 Å². The average molecular weight is 331 g/mol. The summed E-state index contributed by atoms with van der Waals surface area (Å²) in [7, 11) is 0. The maximum absolute atomic E-state index is 11.5. The Morgan fingerprint density at radius 1 is 1.24 bits per heavy atom. The molecule has 4 nitrogen and oxygen atoms in total. The number of rotatable bonds is 6.